The lowest BCUT2D eigenvalue weighted by atomic mass is 9.90. The maximum Gasteiger partial charge on any atom is 0.135 e. The molecule has 0 aliphatic carbocycles. The Hall–Kier alpha value is -7.42. The van der Waals surface area contributed by atoms with Crippen molar-refractivity contribution < 1.29 is 4.74 Å². The van der Waals surface area contributed by atoms with E-state index in [1.54, 1.807) is 0 Å². The summed E-state index contributed by atoms with van der Waals surface area (Å²) in [5, 5.41) is 7.27. The topological polar surface area (TPSA) is 12.5 Å². The highest BCUT2D eigenvalue weighted by Gasteiger charge is 2.23. The van der Waals surface area contributed by atoms with E-state index in [0.29, 0.717) is 0 Å². The summed E-state index contributed by atoms with van der Waals surface area (Å²) < 4.78 is 6.46. The highest BCUT2D eigenvalue weighted by atomic mass is 16.5. The Balaban J connectivity index is 1.08. The molecule has 2 heteroatoms. The summed E-state index contributed by atoms with van der Waals surface area (Å²) in [6, 6.07) is 76.6. The van der Waals surface area contributed by atoms with Crippen molar-refractivity contribution in [2.24, 2.45) is 0 Å². The van der Waals surface area contributed by atoms with E-state index >= 15 is 0 Å². The lowest BCUT2D eigenvalue weighted by Gasteiger charge is -2.29. The van der Waals surface area contributed by atoms with Crippen molar-refractivity contribution in [2.75, 3.05) is 4.90 Å². The molecule has 0 N–H and O–H groups in total. The summed E-state index contributed by atoms with van der Waals surface area (Å²) in [6.07, 6.45) is 0. The Morgan fingerprint density at radius 3 is 1.88 bits per heavy atom. The van der Waals surface area contributed by atoms with Gasteiger partial charge in [-0.2, -0.15) is 0 Å². The molecule has 0 saturated heterocycles. The summed E-state index contributed by atoms with van der Waals surface area (Å²) in [4.78, 5) is 2.41. The summed E-state index contributed by atoms with van der Waals surface area (Å²) in [6.45, 7) is 0. The molecule has 2 nitrogen and oxygen atoms in total. The van der Waals surface area contributed by atoms with Crippen LogP contribution in [0.3, 0.4) is 0 Å². The molecule has 10 aromatic carbocycles. The number of fused-ring (bicyclic) bond motifs is 4. The molecular formula is C54H35NO. The molecule has 1 aliphatic heterocycles. The molecule has 262 valence electrons. The van der Waals surface area contributed by atoms with E-state index in [2.05, 4.69) is 205 Å². The third-order valence-electron chi connectivity index (χ3n) is 11.2. The van der Waals surface area contributed by atoms with Gasteiger partial charge in [0.15, 0.2) is 0 Å². The summed E-state index contributed by atoms with van der Waals surface area (Å²) in [5.41, 5.74) is 12.7. The van der Waals surface area contributed by atoms with Crippen LogP contribution < -0.4 is 9.64 Å². The molecule has 1 aliphatic rings. The zero-order valence-corrected chi connectivity index (χ0v) is 30.6. The molecule has 0 atom stereocenters. The predicted octanol–water partition coefficient (Wildman–Crippen LogP) is 15.4. The Labute approximate surface area is 326 Å². The van der Waals surface area contributed by atoms with E-state index in [-0.39, 0.29) is 0 Å². The average molecular weight is 714 g/mol. The second kappa shape index (κ2) is 13.2. The average Bonchev–Trinajstić information content (AvgIpc) is 3.27. The van der Waals surface area contributed by atoms with Crippen molar-refractivity contribution in [2.45, 2.75) is 0 Å². The number of para-hydroxylation sites is 2. The predicted molar refractivity (Wildman–Crippen MR) is 235 cm³/mol. The van der Waals surface area contributed by atoms with Gasteiger partial charge in [0.05, 0.1) is 5.69 Å². The van der Waals surface area contributed by atoms with Gasteiger partial charge in [-0.15, -0.1) is 0 Å². The number of anilines is 3. The van der Waals surface area contributed by atoms with Crippen LogP contribution in [0, 0.1) is 0 Å². The molecule has 10 aromatic rings. The Kier molecular flexibility index (Phi) is 7.53. The van der Waals surface area contributed by atoms with Gasteiger partial charge >= 0.3 is 0 Å². The largest absolute Gasteiger partial charge is 0.456 e. The second-order valence-corrected chi connectivity index (χ2v) is 14.5. The first-order chi connectivity index (χ1) is 27.8. The smallest absolute Gasteiger partial charge is 0.135 e. The fourth-order valence-electron chi connectivity index (χ4n) is 8.60. The normalized spacial score (nSPS) is 11.7. The molecule has 0 saturated carbocycles. The van der Waals surface area contributed by atoms with Crippen LogP contribution in [-0.2, 0) is 0 Å². The number of hydrogen-bond donors (Lipinski definition) is 0. The van der Waals surface area contributed by atoms with Crippen LogP contribution >= 0.6 is 0 Å². The standard InChI is InChI=1S/C54H35NO/c1-2-14-39-34-40(27-26-36(39)12-1)37-28-30-42(31-29-37)55(51-24-7-5-19-47(51)46-21-10-15-38-13-3-4-18-44(38)46)43-17-9-16-41(35-43)45-32-33-53-54-49(45)22-11-23-50(54)48-20-6-8-25-52(48)56-53/h1-35H. The van der Waals surface area contributed by atoms with E-state index in [4.69, 9.17) is 4.74 Å². The summed E-state index contributed by atoms with van der Waals surface area (Å²) in [7, 11) is 0. The van der Waals surface area contributed by atoms with Crippen LogP contribution in [0.5, 0.6) is 11.5 Å². The summed E-state index contributed by atoms with van der Waals surface area (Å²) >= 11 is 0. The van der Waals surface area contributed by atoms with Crippen molar-refractivity contribution in [3.63, 3.8) is 0 Å². The van der Waals surface area contributed by atoms with Gasteiger partial charge in [0.2, 0.25) is 0 Å². The van der Waals surface area contributed by atoms with Crippen LogP contribution in [0.25, 0.3) is 76.8 Å². The maximum atomic E-state index is 6.46. The fraction of sp³-hybridized carbons (Fsp3) is 0. The van der Waals surface area contributed by atoms with Gasteiger partial charge < -0.3 is 9.64 Å². The van der Waals surface area contributed by atoms with Gasteiger partial charge in [0.25, 0.3) is 0 Å². The van der Waals surface area contributed by atoms with Gasteiger partial charge in [0.1, 0.15) is 11.5 Å². The summed E-state index contributed by atoms with van der Waals surface area (Å²) in [5.74, 6) is 1.79. The first-order valence-electron chi connectivity index (χ1n) is 19.2. The zero-order chi connectivity index (χ0) is 37.0. The lowest BCUT2D eigenvalue weighted by Crippen LogP contribution is -2.11. The number of rotatable bonds is 6. The van der Waals surface area contributed by atoms with Crippen LogP contribution in [0.4, 0.5) is 17.1 Å². The van der Waals surface area contributed by atoms with Crippen LogP contribution in [0.1, 0.15) is 0 Å². The molecule has 0 aromatic heterocycles. The quantitative estimate of drug-likeness (QED) is 0.170. The Morgan fingerprint density at radius 2 is 0.964 bits per heavy atom. The maximum absolute atomic E-state index is 6.46. The molecule has 56 heavy (non-hydrogen) atoms. The number of hydrogen-bond acceptors (Lipinski definition) is 2. The molecule has 0 bridgehead atoms. The second-order valence-electron chi connectivity index (χ2n) is 14.5. The van der Waals surface area contributed by atoms with Crippen molar-refractivity contribution in [3.05, 3.63) is 212 Å². The fourth-order valence-corrected chi connectivity index (χ4v) is 8.60. The van der Waals surface area contributed by atoms with Crippen LogP contribution in [0.15, 0.2) is 212 Å². The Bertz CT molecular complexity index is 3120. The minimum atomic E-state index is 0.895. The molecule has 0 radical (unpaired) electrons. The first kappa shape index (κ1) is 32.0. The number of ether oxygens (including phenoxy) is 1. The van der Waals surface area contributed by atoms with Crippen LogP contribution in [0.2, 0.25) is 0 Å². The minimum absolute atomic E-state index is 0.895. The number of nitrogens with zero attached hydrogens (tertiary/aromatic N) is 1. The van der Waals surface area contributed by atoms with E-state index in [9.17, 15) is 0 Å². The van der Waals surface area contributed by atoms with Crippen molar-refractivity contribution >= 4 is 49.4 Å². The van der Waals surface area contributed by atoms with Gasteiger partial charge in [-0.05, 0) is 109 Å². The zero-order valence-electron chi connectivity index (χ0n) is 30.6. The monoisotopic (exact) mass is 713 g/mol. The van der Waals surface area contributed by atoms with Gasteiger partial charge in [-0.1, -0.05) is 164 Å². The van der Waals surface area contributed by atoms with Crippen molar-refractivity contribution in [1.82, 2.24) is 0 Å². The molecule has 0 amide bonds. The van der Waals surface area contributed by atoms with E-state index in [1.165, 1.54) is 60.3 Å². The highest BCUT2D eigenvalue weighted by Crippen LogP contribution is 2.49. The van der Waals surface area contributed by atoms with Gasteiger partial charge in [-0.25, -0.2) is 0 Å². The van der Waals surface area contributed by atoms with E-state index in [0.717, 1.165) is 45.1 Å². The minimum Gasteiger partial charge on any atom is -0.456 e. The molecule has 1 heterocycles. The molecular weight excluding hydrogens is 679 g/mol. The number of benzene rings is 10. The highest BCUT2D eigenvalue weighted by molar-refractivity contribution is 6.10. The molecule has 11 rings (SSSR count). The third-order valence-corrected chi connectivity index (χ3v) is 11.2. The van der Waals surface area contributed by atoms with Gasteiger partial charge in [-0.3, -0.25) is 0 Å². The van der Waals surface area contributed by atoms with E-state index < -0.39 is 0 Å². The first-order valence-corrected chi connectivity index (χ1v) is 19.2. The third kappa shape index (κ3) is 5.34. The SMILES string of the molecule is c1cc(-c2ccc3c4c(cccc24)-c2ccccc2O3)cc(N(c2ccc(-c3ccc4ccccc4c3)cc2)c2ccccc2-c2cccc3ccccc23)c1. The molecule has 0 spiro atoms. The molecule has 0 fully saturated rings. The Morgan fingerprint density at radius 1 is 0.304 bits per heavy atom. The van der Waals surface area contributed by atoms with Gasteiger partial charge in [0, 0.05) is 27.9 Å². The van der Waals surface area contributed by atoms with E-state index in [1.807, 2.05) is 12.1 Å². The molecule has 0 unspecified atom stereocenters. The lowest BCUT2D eigenvalue weighted by molar-refractivity contribution is 0.487. The van der Waals surface area contributed by atoms with Crippen LogP contribution in [-0.4, -0.2) is 0 Å². The van der Waals surface area contributed by atoms with Crippen molar-refractivity contribution in [3.8, 4) is 56.0 Å². The van der Waals surface area contributed by atoms with Crippen molar-refractivity contribution in [1.29, 1.82) is 0 Å².